The van der Waals surface area contributed by atoms with E-state index in [9.17, 15) is 14.4 Å². The van der Waals surface area contributed by atoms with Crippen LogP contribution in [0.15, 0.2) is 47.3 Å². The molecule has 0 spiro atoms. The number of nitrogens with two attached hydrogens (primary N) is 1. The van der Waals surface area contributed by atoms with E-state index in [1.807, 2.05) is 45.0 Å². The van der Waals surface area contributed by atoms with Gasteiger partial charge in [-0.2, -0.15) is 0 Å². The first-order valence-electron chi connectivity index (χ1n) is 11.1. The predicted molar refractivity (Wildman–Crippen MR) is 142 cm³/mol. The van der Waals surface area contributed by atoms with Crippen molar-refractivity contribution in [1.29, 1.82) is 0 Å². The lowest BCUT2D eigenvalue weighted by atomic mass is 10.0. The fraction of sp³-hybridized carbons (Fsp3) is 0.393. The van der Waals surface area contributed by atoms with Crippen molar-refractivity contribution in [2.24, 2.45) is 5.41 Å². The Balaban J connectivity index is 0.000000479. The number of hydrogen-bond donors (Lipinski definition) is 2. The SMILES string of the molecule is CC(C)(C)C.CC(C)=O.COC(=O)c1ccc(C)cc1N.Cc1ccc2c(=O)cc(C)[nH]c2c1. The van der Waals surface area contributed by atoms with Crippen LogP contribution >= 0.6 is 0 Å². The highest BCUT2D eigenvalue weighted by Gasteiger charge is 2.08. The van der Waals surface area contributed by atoms with E-state index in [0.717, 1.165) is 27.7 Å². The molecule has 3 rings (SSSR count). The zero-order valence-electron chi connectivity index (χ0n) is 22.3. The van der Waals surface area contributed by atoms with E-state index in [2.05, 4.69) is 37.4 Å². The van der Waals surface area contributed by atoms with Gasteiger partial charge in [0.25, 0.3) is 0 Å². The summed E-state index contributed by atoms with van der Waals surface area (Å²) in [7, 11) is 1.33. The number of methoxy groups -OCH3 is 1. The average Bonchev–Trinajstić information content (AvgIpc) is 2.65. The second-order valence-electron chi connectivity index (χ2n) is 9.86. The quantitative estimate of drug-likeness (QED) is 0.329. The Morgan fingerprint density at radius 2 is 1.35 bits per heavy atom. The lowest BCUT2D eigenvalue weighted by Gasteiger charge is -2.05. The molecular formula is C28H40N2O4. The third-order valence-electron chi connectivity index (χ3n) is 3.73. The van der Waals surface area contributed by atoms with Crippen LogP contribution in [0.5, 0.6) is 0 Å². The number of hydrogen-bond acceptors (Lipinski definition) is 5. The Morgan fingerprint density at radius 1 is 0.882 bits per heavy atom. The first-order valence-corrected chi connectivity index (χ1v) is 11.1. The summed E-state index contributed by atoms with van der Waals surface area (Å²) in [6.07, 6.45) is 0. The Hall–Kier alpha value is -3.41. The molecule has 0 bridgehead atoms. The number of aromatic nitrogens is 1. The fourth-order valence-corrected chi connectivity index (χ4v) is 2.48. The maximum absolute atomic E-state index is 11.5. The van der Waals surface area contributed by atoms with Gasteiger partial charge in [-0.05, 0) is 75.4 Å². The van der Waals surface area contributed by atoms with Crippen LogP contribution < -0.4 is 11.2 Å². The molecule has 6 nitrogen and oxygen atoms in total. The van der Waals surface area contributed by atoms with Crippen LogP contribution in [0.25, 0.3) is 10.9 Å². The zero-order valence-corrected chi connectivity index (χ0v) is 22.3. The van der Waals surface area contributed by atoms with Gasteiger partial charge < -0.3 is 20.2 Å². The molecule has 3 aromatic rings. The van der Waals surface area contributed by atoms with Gasteiger partial charge in [0, 0.05) is 28.4 Å². The summed E-state index contributed by atoms with van der Waals surface area (Å²) < 4.78 is 4.54. The van der Waals surface area contributed by atoms with E-state index in [0.29, 0.717) is 16.7 Å². The number of carbonyl (C=O) groups is 2. The van der Waals surface area contributed by atoms with Gasteiger partial charge in [-0.15, -0.1) is 0 Å². The lowest BCUT2D eigenvalue weighted by molar-refractivity contribution is -0.115. The number of benzene rings is 2. The highest BCUT2D eigenvalue weighted by Crippen LogP contribution is 2.14. The molecule has 0 aliphatic carbocycles. The van der Waals surface area contributed by atoms with Crippen molar-refractivity contribution >= 4 is 28.3 Å². The first kappa shape index (κ1) is 30.6. The number of nitrogens with one attached hydrogen (secondary N) is 1. The highest BCUT2D eigenvalue weighted by atomic mass is 16.5. The molecule has 2 aromatic carbocycles. The number of aromatic amines is 1. The zero-order chi connectivity index (χ0) is 26.6. The Morgan fingerprint density at radius 3 is 1.82 bits per heavy atom. The van der Waals surface area contributed by atoms with Crippen molar-refractivity contribution in [1.82, 2.24) is 4.98 Å². The summed E-state index contributed by atoms with van der Waals surface area (Å²) in [5.74, 6) is -0.229. The number of ketones is 1. The summed E-state index contributed by atoms with van der Waals surface area (Å²) in [6, 6.07) is 12.7. The third-order valence-corrected chi connectivity index (χ3v) is 3.73. The van der Waals surface area contributed by atoms with Gasteiger partial charge in [0.15, 0.2) is 5.43 Å². The van der Waals surface area contributed by atoms with E-state index in [4.69, 9.17) is 5.73 Å². The number of H-pyrrole nitrogens is 1. The van der Waals surface area contributed by atoms with Crippen LogP contribution in [-0.2, 0) is 9.53 Å². The normalized spacial score (nSPS) is 9.94. The molecule has 1 aromatic heterocycles. The number of esters is 1. The van der Waals surface area contributed by atoms with Gasteiger partial charge >= 0.3 is 5.97 Å². The number of pyridine rings is 1. The second kappa shape index (κ2) is 14.0. The van der Waals surface area contributed by atoms with E-state index >= 15 is 0 Å². The van der Waals surface area contributed by atoms with Crippen molar-refractivity contribution in [2.75, 3.05) is 12.8 Å². The third kappa shape index (κ3) is 13.2. The van der Waals surface area contributed by atoms with Gasteiger partial charge in [-0.3, -0.25) is 4.79 Å². The summed E-state index contributed by atoms with van der Waals surface area (Å²) >= 11 is 0. The van der Waals surface area contributed by atoms with Crippen LogP contribution in [0.3, 0.4) is 0 Å². The molecule has 0 atom stereocenters. The summed E-state index contributed by atoms with van der Waals surface area (Å²) in [4.78, 5) is 35.1. The van der Waals surface area contributed by atoms with Gasteiger partial charge in [-0.1, -0.05) is 39.8 Å². The molecule has 0 unspecified atom stereocenters. The molecule has 0 amide bonds. The first-order chi connectivity index (χ1) is 15.5. The number of ether oxygens (including phenoxy) is 1. The van der Waals surface area contributed by atoms with Crippen molar-refractivity contribution in [3.05, 3.63) is 75.1 Å². The molecule has 186 valence electrons. The topological polar surface area (TPSA) is 102 Å². The van der Waals surface area contributed by atoms with Gasteiger partial charge in [0.05, 0.1) is 12.7 Å². The monoisotopic (exact) mass is 468 g/mol. The highest BCUT2D eigenvalue weighted by molar-refractivity contribution is 5.95. The molecule has 0 aliphatic rings. The van der Waals surface area contributed by atoms with Crippen molar-refractivity contribution in [3.8, 4) is 0 Å². The molecule has 34 heavy (non-hydrogen) atoms. The van der Waals surface area contributed by atoms with E-state index in [-0.39, 0.29) is 11.2 Å². The van der Waals surface area contributed by atoms with Crippen molar-refractivity contribution in [3.63, 3.8) is 0 Å². The predicted octanol–water partition coefficient (Wildman–Crippen LogP) is 6.16. The summed E-state index contributed by atoms with van der Waals surface area (Å²) in [6.45, 7) is 17.6. The smallest absolute Gasteiger partial charge is 0.339 e. The standard InChI is InChI=1S/C11H11NO.C9H11NO2.C5H12.C3H6O/c1-7-3-4-9-10(5-7)12-8(2)6-11(9)13;1-6-3-4-7(8(10)5-6)9(11)12-2;1-5(2,3)4;1-3(2)4/h3-6H,1-2H3,(H,12,13);3-5H,10H2,1-2H3;1-4H3;1-2H3. The minimum atomic E-state index is -0.396. The molecule has 6 heteroatoms. The van der Waals surface area contributed by atoms with Gasteiger partial charge in [0.2, 0.25) is 0 Å². The maximum atomic E-state index is 11.5. The molecule has 0 fully saturated rings. The molecule has 0 radical (unpaired) electrons. The lowest BCUT2D eigenvalue weighted by Crippen LogP contribution is -2.05. The molecule has 0 aliphatic heterocycles. The van der Waals surface area contributed by atoms with Crippen LogP contribution in [0.2, 0.25) is 0 Å². The van der Waals surface area contributed by atoms with Crippen molar-refractivity contribution < 1.29 is 14.3 Å². The fourth-order valence-electron chi connectivity index (χ4n) is 2.48. The van der Waals surface area contributed by atoms with E-state index in [1.165, 1.54) is 21.0 Å². The largest absolute Gasteiger partial charge is 0.465 e. The molecule has 3 N–H and O–H groups in total. The number of aryl methyl sites for hydroxylation is 3. The Bertz CT molecular complexity index is 1140. The molecular weight excluding hydrogens is 428 g/mol. The molecule has 1 heterocycles. The maximum Gasteiger partial charge on any atom is 0.339 e. The van der Waals surface area contributed by atoms with Crippen LogP contribution in [0.1, 0.15) is 68.7 Å². The number of carbonyl (C=O) groups excluding carboxylic acids is 2. The van der Waals surface area contributed by atoms with E-state index < -0.39 is 5.97 Å². The molecule has 0 saturated carbocycles. The molecule has 0 saturated heterocycles. The van der Waals surface area contributed by atoms with Crippen LogP contribution in [0, 0.1) is 26.2 Å². The number of fused-ring (bicyclic) bond motifs is 1. The van der Waals surface area contributed by atoms with Crippen LogP contribution in [0.4, 0.5) is 5.69 Å². The Kier molecular flexibility index (Phi) is 12.6. The second-order valence-corrected chi connectivity index (χ2v) is 9.86. The number of anilines is 1. The number of nitrogen functional groups attached to an aromatic ring is 1. The van der Waals surface area contributed by atoms with Gasteiger partial charge in [0.1, 0.15) is 5.78 Å². The summed E-state index contributed by atoms with van der Waals surface area (Å²) in [5.41, 5.74) is 11.1. The minimum absolute atomic E-state index is 0.0891. The summed E-state index contributed by atoms with van der Waals surface area (Å²) in [5, 5.41) is 0.760. The van der Waals surface area contributed by atoms with Gasteiger partial charge in [-0.25, -0.2) is 4.79 Å². The number of Topliss-reactive ketones (excluding diaryl/α,β-unsaturated/α-hetero) is 1. The number of rotatable bonds is 1. The van der Waals surface area contributed by atoms with Crippen LogP contribution in [-0.4, -0.2) is 23.8 Å². The average molecular weight is 469 g/mol. The van der Waals surface area contributed by atoms with E-state index in [1.54, 1.807) is 18.2 Å². The Labute approximate surface area is 203 Å². The van der Waals surface area contributed by atoms with Crippen molar-refractivity contribution in [2.45, 2.75) is 62.3 Å². The minimum Gasteiger partial charge on any atom is -0.465 e.